The van der Waals surface area contributed by atoms with Gasteiger partial charge >= 0.3 is 6.18 Å². The van der Waals surface area contributed by atoms with E-state index in [0.29, 0.717) is 5.52 Å². The van der Waals surface area contributed by atoms with Crippen LogP contribution in [0.5, 0.6) is 0 Å². The van der Waals surface area contributed by atoms with Crippen LogP contribution in [0.3, 0.4) is 0 Å². The van der Waals surface area contributed by atoms with Crippen molar-refractivity contribution in [1.29, 1.82) is 0 Å². The first-order valence-electron chi connectivity index (χ1n) is 5.05. The van der Waals surface area contributed by atoms with Crippen molar-refractivity contribution < 1.29 is 18.3 Å². The van der Waals surface area contributed by atoms with Crippen molar-refractivity contribution in [2.45, 2.75) is 18.7 Å². The first kappa shape index (κ1) is 11.9. The van der Waals surface area contributed by atoms with Gasteiger partial charge in [0.25, 0.3) is 0 Å². The van der Waals surface area contributed by atoms with Crippen molar-refractivity contribution in [3.63, 3.8) is 0 Å². The van der Waals surface area contributed by atoms with Crippen LogP contribution in [0.25, 0.3) is 10.9 Å². The van der Waals surface area contributed by atoms with Crippen molar-refractivity contribution in [1.82, 2.24) is 4.98 Å². The van der Waals surface area contributed by atoms with Gasteiger partial charge in [-0.3, -0.25) is 4.98 Å². The molecule has 1 aromatic carbocycles. The summed E-state index contributed by atoms with van der Waals surface area (Å²) in [5.41, 5.74) is 0.805. The number of pyridine rings is 1. The predicted molar refractivity (Wildman–Crippen MR) is 57.4 cm³/mol. The second kappa shape index (κ2) is 4.33. The topological polar surface area (TPSA) is 33.1 Å². The Morgan fingerprint density at radius 1 is 1.24 bits per heavy atom. The third-order valence-electron chi connectivity index (χ3n) is 2.44. The van der Waals surface area contributed by atoms with E-state index in [9.17, 15) is 18.3 Å². The molecule has 2 aromatic rings. The molecule has 0 spiro atoms. The molecule has 0 fully saturated rings. The molecule has 0 radical (unpaired) electrons. The van der Waals surface area contributed by atoms with Crippen LogP contribution in [0.2, 0.25) is 0 Å². The number of rotatable bonds is 2. The normalized spacial score (nSPS) is 13.9. The number of nitrogens with zero attached hydrogens (tertiary/aromatic N) is 1. The molecule has 0 saturated carbocycles. The van der Waals surface area contributed by atoms with Crippen molar-refractivity contribution in [3.05, 3.63) is 42.1 Å². The molecular weight excluding hydrogens is 231 g/mol. The molecular formula is C12H10F3NO. The SMILES string of the molecule is OC(CC(F)(F)F)c1ccc2cccnc2c1. The largest absolute Gasteiger partial charge is 0.391 e. The van der Waals surface area contributed by atoms with Gasteiger partial charge in [0.05, 0.1) is 18.0 Å². The second-order valence-electron chi connectivity index (χ2n) is 3.79. The first-order chi connectivity index (χ1) is 7.96. The van der Waals surface area contributed by atoms with Gasteiger partial charge in [0.1, 0.15) is 0 Å². The molecule has 1 aromatic heterocycles. The molecule has 2 nitrogen and oxygen atoms in total. The molecule has 1 N–H and O–H groups in total. The van der Waals surface area contributed by atoms with Crippen LogP contribution in [0.1, 0.15) is 18.1 Å². The predicted octanol–water partition coefficient (Wildman–Crippen LogP) is 3.22. The number of fused-ring (bicyclic) bond motifs is 1. The van der Waals surface area contributed by atoms with Gasteiger partial charge in [0.2, 0.25) is 0 Å². The number of benzene rings is 1. The zero-order valence-corrected chi connectivity index (χ0v) is 8.78. The Balaban J connectivity index is 2.30. The van der Waals surface area contributed by atoms with E-state index in [0.717, 1.165) is 5.39 Å². The zero-order chi connectivity index (χ0) is 12.5. The van der Waals surface area contributed by atoms with Gasteiger partial charge in [-0.1, -0.05) is 18.2 Å². The van der Waals surface area contributed by atoms with Gasteiger partial charge in [-0.15, -0.1) is 0 Å². The van der Waals surface area contributed by atoms with E-state index in [4.69, 9.17) is 0 Å². The molecule has 0 saturated heterocycles. The molecule has 1 heterocycles. The summed E-state index contributed by atoms with van der Waals surface area (Å²) in [5, 5.41) is 10.3. The van der Waals surface area contributed by atoms with Crippen LogP contribution in [-0.4, -0.2) is 16.3 Å². The van der Waals surface area contributed by atoms with Gasteiger partial charge in [-0.25, -0.2) is 0 Å². The number of halogens is 3. The summed E-state index contributed by atoms with van der Waals surface area (Å²) in [5.74, 6) is 0. The molecule has 90 valence electrons. The molecule has 5 heteroatoms. The third-order valence-corrected chi connectivity index (χ3v) is 2.44. The monoisotopic (exact) mass is 241 g/mol. The Morgan fingerprint density at radius 3 is 2.71 bits per heavy atom. The average Bonchev–Trinajstić information content (AvgIpc) is 2.26. The number of hydrogen-bond donors (Lipinski definition) is 1. The van der Waals surface area contributed by atoms with E-state index >= 15 is 0 Å². The molecule has 0 aliphatic rings. The Bertz CT molecular complexity index is 524. The standard InChI is InChI=1S/C12H10F3NO/c13-12(14,15)7-11(17)9-4-3-8-2-1-5-16-10(8)6-9/h1-6,11,17H,7H2. The van der Waals surface area contributed by atoms with Gasteiger partial charge in [-0.05, 0) is 17.7 Å². The van der Waals surface area contributed by atoms with Crippen LogP contribution in [0, 0.1) is 0 Å². The minimum atomic E-state index is -4.38. The van der Waals surface area contributed by atoms with Crippen LogP contribution in [-0.2, 0) is 0 Å². The third kappa shape index (κ3) is 2.94. The number of alkyl halides is 3. The number of aliphatic hydroxyl groups excluding tert-OH is 1. The lowest BCUT2D eigenvalue weighted by Crippen LogP contribution is -2.13. The van der Waals surface area contributed by atoms with Gasteiger partial charge in [0, 0.05) is 11.6 Å². The van der Waals surface area contributed by atoms with Crippen LogP contribution >= 0.6 is 0 Å². The second-order valence-corrected chi connectivity index (χ2v) is 3.79. The summed E-state index contributed by atoms with van der Waals surface area (Å²) >= 11 is 0. The summed E-state index contributed by atoms with van der Waals surface area (Å²) in [6, 6.07) is 8.17. The van der Waals surface area contributed by atoms with Crippen LogP contribution in [0.4, 0.5) is 13.2 Å². The molecule has 0 amide bonds. The fraction of sp³-hybridized carbons (Fsp3) is 0.250. The van der Waals surface area contributed by atoms with E-state index in [1.54, 1.807) is 18.3 Å². The summed E-state index contributed by atoms with van der Waals surface area (Å²) < 4.78 is 36.4. The zero-order valence-electron chi connectivity index (χ0n) is 8.78. The van der Waals surface area contributed by atoms with Gasteiger partial charge in [0.15, 0.2) is 0 Å². The molecule has 1 unspecified atom stereocenters. The smallest absolute Gasteiger partial charge is 0.388 e. The Kier molecular flexibility index (Phi) is 3.02. The minimum absolute atomic E-state index is 0.230. The lowest BCUT2D eigenvalue weighted by atomic mass is 10.0. The minimum Gasteiger partial charge on any atom is -0.388 e. The Morgan fingerprint density at radius 2 is 2.00 bits per heavy atom. The maximum absolute atomic E-state index is 12.1. The molecule has 0 bridgehead atoms. The molecule has 0 aliphatic carbocycles. The number of aliphatic hydroxyl groups is 1. The lowest BCUT2D eigenvalue weighted by molar-refractivity contribution is -0.154. The summed E-state index contributed by atoms with van der Waals surface area (Å²) in [4.78, 5) is 4.03. The van der Waals surface area contributed by atoms with Crippen molar-refractivity contribution in [2.75, 3.05) is 0 Å². The van der Waals surface area contributed by atoms with E-state index < -0.39 is 18.7 Å². The van der Waals surface area contributed by atoms with Crippen molar-refractivity contribution >= 4 is 10.9 Å². The molecule has 17 heavy (non-hydrogen) atoms. The maximum Gasteiger partial charge on any atom is 0.391 e. The Hall–Kier alpha value is -1.62. The van der Waals surface area contributed by atoms with E-state index in [1.165, 1.54) is 12.1 Å². The summed E-state index contributed by atoms with van der Waals surface area (Å²) in [6.45, 7) is 0. The summed E-state index contributed by atoms with van der Waals surface area (Å²) in [7, 11) is 0. The lowest BCUT2D eigenvalue weighted by Gasteiger charge is -2.13. The fourth-order valence-corrected chi connectivity index (χ4v) is 1.63. The number of hydrogen-bond acceptors (Lipinski definition) is 2. The quantitative estimate of drug-likeness (QED) is 0.875. The Labute approximate surface area is 95.7 Å². The molecule has 2 rings (SSSR count). The van der Waals surface area contributed by atoms with E-state index in [1.807, 2.05) is 6.07 Å². The highest BCUT2D eigenvalue weighted by Crippen LogP contribution is 2.30. The highest BCUT2D eigenvalue weighted by Gasteiger charge is 2.31. The highest BCUT2D eigenvalue weighted by atomic mass is 19.4. The molecule has 0 aliphatic heterocycles. The van der Waals surface area contributed by atoms with Crippen molar-refractivity contribution in [3.8, 4) is 0 Å². The fourth-order valence-electron chi connectivity index (χ4n) is 1.63. The van der Waals surface area contributed by atoms with Crippen molar-refractivity contribution in [2.24, 2.45) is 0 Å². The maximum atomic E-state index is 12.1. The first-order valence-corrected chi connectivity index (χ1v) is 5.05. The molecule has 1 atom stereocenters. The van der Waals surface area contributed by atoms with Crippen LogP contribution in [0.15, 0.2) is 36.5 Å². The van der Waals surface area contributed by atoms with E-state index in [2.05, 4.69) is 4.98 Å². The highest BCUT2D eigenvalue weighted by molar-refractivity contribution is 5.78. The average molecular weight is 241 g/mol. The van der Waals surface area contributed by atoms with E-state index in [-0.39, 0.29) is 5.56 Å². The van der Waals surface area contributed by atoms with Gasteiger partial charge < -0.3 is 5.11 Å². The summed E-state index contributed by atoms with van der Waals surface area (Å²) in [6.07, 6.45) is -5.60. The van der Waals surface area contributed by atoms with Gasteiger partial charge in [-0.2, -0.15) is 13.2 Å². The van der Waals surface area contributed by atoms with Crippen LogP contribution < -0.4 is 0 Å². The number of aromatic nitrogens is 1.